The number of hydrogen-bond donors (Lipinski definition) is 4. The second-order valence-corrected chi connectivity index (χ2v) is 21.3. The number of carbonyl (C=O) groups is 1. The zero-order chi connectivity index (χ0) is 49.3. The number of carbonyl (C=O) groups excluding carboxylic acids is 1. The molecule has 0 aromatic heterocycles. The molecule has 0 aliphatic rings. The van der Waals surface area contributed by atoms with E-state index < -0.39 is 18.2 Å². The number of rotatable bonds is 57. The minimum atomic E-state index is -1.16. The molecule has 0 spiro atoms. The lowest BCUT2D eigenvalue weighted by Crippen LogP contribution is -2.50. The molecule has 1 amide bonds. The van der Waals surface area contributed by atoms with Crippen molar-refractivity contribution in [3.63, 3.8) is 0 Å². The maximum atomic E-state index is 12.5. The summed E-state index contributed by atoms with van der Waals surface area (Å²) in [7, 11) is 0. The van der Waals surface area contributed by atoms with Crippen molar-refractivity contribution in [3.05, 3.63) is 36.5 Å². The normalized spacial score (nSPS) is 13.4. The lowest BCUT2D eigenvalue weighted by molar-refractivity contribution is -0.124. The van der Waals surface area contributed by atoms with E-state index in [1.165, 1.54) is 263 Å². The lowest BCUT2D eigenvalue weighted by atomic mass is 10.0. The maximum absolute atomic E-state index is 12.5. The van der Waals surface area contributed by atoms with Crippen LogP contribution < -0.4 is 5.32 Å². The monoisotopic (exact) mass is 956 g/mol. The van der Waals surface area contributed by atoms with Crippen LogP contribution in [0.5, 0.6) is 0 Å². The molecule has 0 aliphatic carbocycles. The van der Waals surface area contributed by atoms with Crippen molar-refractivity contribution in [2.24, 2.45) is 0 Å². The van der Waals surface area contributed by atoms with E-state index in [0.29, 0.717) is 12.8 Å². The summed E-state index contributed by atoms with van der Waals surface area (Å²) in [5.74, 6) is -0.150. The summed E-state index contributed by atoms with van der Waals surface area (Å²) in [6, 6.07) is -0.826. The van der Waals surface area contributed by atoms with Crippen LogP contribution in [0.25, 0.3) is 0 Å². The molecular formula is C63H121NO4. The van der Waals surface area contributed by atoms with Gasteiger partial charge >= 0.3 is 0 Å². The van der Waals surface area contributed by atoms with Gasteiger partial charge in [-0.15, -0.1) is 0 Å². The van der Waals surface area contributed by atoms with Crippen LogP contribution >= 0.6 is 0 Å². The summed E-state index contributed by atoms with van der Waals surface area (Å²) in [4.78, 5) is 12.5. The zero-order valence-electron chi connectivity index (χ0n) is 46.0. The van der Waals surface area contributed by atoms with E-state index in [0.717, 1.165) is 44.9 Å². The Morgan fingerprint density at radius 2 is 0.632 bits per heavy atom. The van der Waals surface area contributed by atoms with Crippen LogP contribution in [0.3, 0.4) is 0 Å². The molecule has 5 heteroatoms. The lowest BCUT2D eigenvalue weighted by Gasteiger charge is -2.26. The summed E-state index contributed by atoms with van der Waals surface area (Å²) < 4.78 is 0. The zero-order valence-corrected chi connectivity index (χ0v) is 46.0. The van der Waals surface area contributed by atoms with Crippen LogP contribution in [0.4, 0.5) is 0 Å². The van der Waals surface area contributed by atoms with Crippen molar-refractivity contribution in [2.45, 2.75) is 353 Å². The first-order chi connectivity index (χ1) is 33.6. The molecule has 3 atom stereocenters. The smallest absolute Gasteiger partial charge is 0.220 e. The third-order valence-corrected chi connectivity index (χ3v) is 14.5. The summed E-state index contributed by atoms with van der Waals surface area (Å²) in [5.41, 5.74) is 0. The molecule has 3 unspecified atom stereocenters. The van der Waals surface area contributed by atoms with Gasteiger partial charge in [0.05, 0.1) is 18.8 Å². The van der Waals surface area contributed by atoms with Crippen LogP contribution in [0.2, 0.25) is 0 Å². The molecule has 0 radical (unpaired) electrons. The molecule has 0 saturated carbocycles. The molecule has 0 heterocycles. The fourth-order valence-electron chi connectivity index (χ4n) is 9.73. The van der Waals surface area contributed by atoms with Crippen LogP contribution in [0.1, 0.15) is 335 Å². The fraction of sp³-hybridized carbons (Fsp3) is 0.889. The molecular weight excluding hydrogens is 835 g/mol. The van der Waals surface area contributed by atoms with Gasteiger partial charge in [-0.2, -0.15) is 0 Å². The van der Waals surface area contributed by atoms with Gasteiger partial charge in [0.15, 0.2) is 0 Å². The molecule has 0 saturated heterocycles. The molecule has 0 fully saturated rings. The number of aliphatic hydroxyl groups excluding tert-OH is 3. The number of hydrogen-bond acceptors (Lipinski definition) is 4. The number of amides is 1. The fourth-order valence-corrected chi connectivity index (χ4v) is 9.73. The van der Waals surface area contributed by atoms with E-state index in [2.05, 4.69) is 55.6 Å². The third-order valence-electron chi connectivity index (χ3n) is 14.5. The van der Waals surface area contributed by atoms with Crippen LogP contribution in [-0.4, -0.2) is 46.1 Å². The average Bonchev–Trinajstić information content (AvgIpc) is 3.34. The molecule has 402 valence electrons. The summed E-state index contributed by atoms with van der Waals surface area (Å²) >= 11 is 0. The van der Waals surface area contributed by atoms with Gasteiger partial charge in [0, 0.05) is 6.42 Å². The van der Waals surface area contributed by atoms with Gasteiger partial charge < -0.3 is 20.6 Å². The van der Waals surface area contributed by atoms with E-state index >= 15 is 0 Å². The molecule has 0 rings (SSSR count). The summed E-state index contributed by atoms with van der Waals surface area (Å²) in [6.45, 7) is 4.20. The average molecular weight is 957 g/mol. The largest absolute Gasteiger partial charge is 0.394 e. The number of nitrogens with one attached hydrogen (secondary N) is 1. The van der Waals surface area contributed by atoms with Gasteiger partial charge in [-0.25, -0.2) is 0 Å². The predicted molar refractivity (Wildman–Crippen MR) is 301 cm³/mol. The SMILES string of the molecule is CCCCCCCCCCCCCC/C=C/CCCC(O)C(O)C(CO)NC(=O)CCCCCCCCCCCCCCCCCCC/C=C\C/C=C\CCCCCCCCCCCCCCC. The standard InChI is InChI=1S/C63H121NO4/c1-3-5-7-9-11-13-15-17-19-21-22-23-24-25-26-27-28-29-30-31-32-33-34-35-36-37-38-39-40-42-44-46-48-50-52-54-56-58-62(67)64-60(59-65)63(68)61(66)57-55-53-51-49-47-45-43-41-20-18-16-14-12-10-8-6-4-2/h26-27,29-30,49,51,60-61,63,65-66,68H,3-25,28,31-48,50,52-59H2,1-2H3,(H,64,67)/b27-26-,30-29-,51-49+. The highest BCUT2D eigenvalue weighted by atomic mass is 16.3. The van der Waals surface area contributed by atoms with Crippen LogP contribution in [-0.2, 0) is 4.79 Å². The predicted octanol–water partition coefficient (Wildman–Crippen LogP) is 19.4. The number of aliphatic hydroxyl groups is 3. The molecule has 0 aliphatic heterocycles. The maximum Gasteiger partial charge on any atom is 0.220 e. The van der Waals surface area contributed by atoms with E-state index in [4.69, 9.17) is 0 Å². The Kier molecular flexibility index (Phi) is 56.9. The molecule has 4 N–H and O–H groups in total. The Labute approximate surface area is 425 Å². The van der Waals surface area contributed by atoms with Crippen molar-refractivity contribution < 1.29 is 20.1 Å². The molecule has 5 nitrogen and oxygen atoms in total. The Morgan fingerprint density at radius 3 is 0.941 bits per heavy atom. The molecule has 0 aromatic rings. The second-order valence-electron chi connectivity index (χ2n) is 21.3. The molecule has 0 aromatic carbocycles. The minimum Gasteiger partial charge on any atom is -0.394 e. The van der Waals surface area contributed by atoms with Crippen molar-refractivity contribution in [1.82, 2.24) is 5.32 Å². The van der Waals surface area contributed by atoms with E-state index in [9.17, 15) is 20.1 Å². The van der Waals surface area contributed by atoms with Crippen molar-refractivity contribution >= 4 is 5.91 Å². The van der Waals surface area contributed by atoms with Gasteiger partial charge in [-0.05, 0) is 70.6 Å². The Hall–Kier alpha value is -1.43. The minimum absolute atomic E-state index is 0.150. The van der Waals surface area contributed by atoms with Gasteiger partial charge in [0.25, 0.3) is 0 Å². The Balaban J connectivity index is 3.49. The van der Waals surface area contributed by atoms with E-state index in [-0.39, 0.29) is 12.5 Å². The highest BCUT2D eigenvalue weighted by Crippen LogP contribution is 2.18. The van der Waals surface area contributed by atoms with Crippen molar-refractivity contribution in [2.75, 3.05) is 6.61 Å². The van der Waals surface area contributed by atoms with Crippen LogP contribution in [0.15, 0.2) is 36.5 Å². The first-order valence-electron chi connectivity index (χ1n) is 30.8. The second kappa shape index (κ2) is 58.1. The van der Waals surface area contributed by atoms with Gasteiger partial charge in [-0.3, -0.25) is 4.79 Å². The van der Waals surface area contributed by atoms with Crippen molar-refractivity contribution in [3.8, 4) is 0 Å². The van der Waals surface area contributed by atoms with Crippen molar-refractivity contribution in [1.29, 1.82) is 0 Å². The summed E-state index contributed by atoms with van der Waals surface area (Å²) in [5, 5.41) is 33.7. The summed E-state index contributed by atoms with van der Waals surface area (Å²) in [6.07, 6.45) is 76.2. The first kappa shape index (κ1) is 66.6. The number of allylic oxidation sites excluding steroid dienone is 6. The quantitative estimate of drug-likeness (QED) is 0.0361. The van der Waals surface area contributed by atoms with E-state index in [1.807, 2.05) is 0 Å². The Morgan fingerprint density at radius 1 is 0.368 bits per heavy atom. The first-order valence-corrected chi connectivity index (χ1v) is 30.8. The third kappa shape index (κ3) is 52.4. The highest BCUT2D eigenvalue weighted by Gasteiger charge is 2.26. The highest BCUT2D eigenvalue weighted by molar-refractivity contribution is 5.76. The van der Waals surface area contributed by atoms with Gasteiger partial charge in [0.2, 0.25) is 5.91 Å². The molecule has 0 bridgehead atoms. The Bertz CT molecular complexity index is 1060. The molecule has 68 heavy (non-hydrogen) atoms. The number of unbranched alkanes of at least 4 members (excludes halogenated alkanes) is 43. The topological polar surface area (TPSA) is 89.8 Å². The van der Waals surface area contributed by atoms with Crippen LogP contribution in [0, 0.1) is 0 Å². The van der Waals surface area contributed by atoms with Gasteiger partial charge in [-0.1, -0.05) is 294 Å². The van der Waals surface area contributed by atoms with Gasteiger partial charge in [0.1, 0.15) is 6.10 Å². The van der Waals surface area contributed by atoms with E-state index in [1.54, 1.807) is 0 Å².